The minimum Gasteiger partial charge on any atom is -0.476 e. The van der Waals surface area contributed by atoms with Gasteiger partial charge in [0.05, 0.1) is 19.6 Å². The van der Waals surface area contributed by atoms with E-state index >= 15 is 0 Å². The molecule has 2 aromatic carbocycles. The van der Waals surface area contributed by atoms with E-state index in [1.165, 1.54) is 12.1 Å². The summed E-state index contributed by atoms with van der Waals surface area (Å²) < 4.78 is 38.8. The number of nitrogens with one attached hydrogen (secondary N) is 1. The zero-order valence-corrected chi connectivity index (χ0v) is 18.8. The van der Waals surface area contributed by atoms with Crippen LogP contribution in [-0.4, -0.2) is 55.2 Å². The number of halogens is 2. The standard InChI is InChI=1S/C26H27F2N3O3/c27-22-3-1-2-20(16-22)18-29-24(32)17-19-4-6-21(7-5-19)23-8-9-25(30-26(23)28)34-15-12-31-10-13-33-14-11-31/h1-9,16H,10-15,17-18H2,(H,29,32). The van der Waals surface area contributed by atoms with Gasteiger partial charge in [-0.25, -0.2) is 4.39 Å². The quantitative estimate of drug-likeness (QED) is 0.488. The molecule has 6 nitrogen and oxygen atoms in total. The number of aromatic nitrogens is 1. The summed E-state index contributed by atoms with van der Waals surface area (Å²) in [5, 5.41) is 2.78. The van der Waals surface area contributed by atoms with Crippen LogP contribution in [0.4, 0.5) is 8.78 Å². The van der Waals surface area contributed by atoms with E-state index in [0.29, 0.717) is 23.3 Å². The molecule has 0 aliphatic carbocycles. The van der Waals surface area contributed by atoms with E-state index in [2.05, 4.69) is 15.2 Å². The van der Waals surface area contributed by atoms with E-state index in [9.17, 15) is 13.6 Å². The molecule has 2 heterocycles. The molecule has 1 N–H and O–H groups in total. The predicted octanol–water partition coefficient (Wildman–Crippen LogP) is 3.60. The molecule has 178 valence electrons. The van der Waals surface area contributed by atoms with Crippen LogP contribution in [0.25, 0.3) is 11.1 Å². The summed E-state index contributed by atoms with van der Waals surface area (Å²) in [5.74, 6) is -0.870. The van der Waals surface area contributed by atoms with Gasteiger partial charge in [-0.15, -0.1) is 0 Å². The highest BCUT2D eigenvalue weighted by Crippen LogP contribution is 2.24. The summed E-state index contributed by atoms with van der Waals surface area (Å²) in [6, 6.07) is 16.5. The lowest BCUT2D eigenvalue weighted by Gasteiger charge is -2.26. The van der Waals surface area contributed by atoms with E-state index < -0.39 is 5.95 Å². The number of ether oxygens (including phenoxy) is 2. The van der Waals surface area contributed by atoms with Crippen LogP contribution in [0.2, 0.25) is 0 Å². The maximum atomic E-state index is 14.6. The molecule has 0 unspecified atom stereocenters. The van der Waals surface area contributed by atoms with Crippen molar-refractivity contribution in [1.82, 2.24) is 15.2 Å². The molecule has 3 aromatic rings. The van der Waals surface area contributed by atoms with Crippen molar-refractivity contribution >= 4 is 5.91 Å². The van der Waals surface area contributed by atoms with E-state index in [1.807, 2.05) is 0 Å². The van der Waals surface area contributed by atoms with Crippen molar-refractivity contribution in [2.45, 2.75) is 13.0 Å². The van der Waals surface area contributed by atoms with Crippen LogP contribution >= 0.6 is 0 Å². The van der Waals surface area contributed by atoms with Gasteiger partial charge in [0.2, 0.25) is 17.7 Å². The summed E-state index contributed by atoms with van der Waals surface area (Å²) in [6.45, 7) is 4.61. The predicted molar refractivity (Wildman–Crippen MR) is 124 cm³/mol. The van der Waals surface area contributed by atoms with Crippen molar-refractivity contribution < 1.29 is 23.0 Å². The molecule has 34 heavy (non-hydrogen) atoms. The number of morpholine rings is 1. The van der Waals surface area contributed by atoms with Crippen molar-refractivity contribution in [3.8, 4) is 17.0 Å². The van der Waals surface area contributed by atoms with Gasteiger partial charge in [-0.2, -0.15) is 9.37 Å². The number of carbonyl (C=O) groups excluding carboxylic acids is 1. The van der Waals surface area contributed by atoms with Crippen molar-refractivity contribution in [3.63, 3.8) is 0 Å². The molecular formula is C26H27F2N3O3. The average molecular weight is 468 g/mol. The summed E-state index contributed by atoms with van der Waals surface area (Å²) >= 11 is 0. The van der Waals surface area contributed by atoms with Crippen LogP contribution in [0.15, 0.2) is 60.7 Å². The Morgan fingerprint density at radius 1 is 1.03 bits per heavy atom. The second-order valence-corrected chi connectivity index (χ2v) is 8.07. The number of rotatable bonds is 9. The molecule has 0 saturated carbocycles. The summed E-state index contributed by atoms with van der Waals surface area (Å²) in [5.41, 5.74) is 2.51. The molecule has 1 aliphatic rings. The maximum absolute atomic E-state index is 14.6. The Kier molecular flexibility index (Phi) is 8.17. The van der Waals surface area contributed by atoms with Gasteiger partial charge in [0, 0.05) is 37.8 Å². The zero-order valence-electron chi connectivity index (χ0n) is 18.8. The normalized spacial score (nSPS) is 14.1. The lowest BCUT2D eigenvalue weighted by molar-refractivity contribution is -0.120. The summed E-state index contributed by atoms with van der Waals surface area (Å²) in [7, 11) is 0. The van der Waals surface area contributed by atoms with Crippen molar-refractivity contribution in [2.24, 2.45) is 0 Å². The minimum absolute atomic E-state index is 0.173. The first-order valence-electron chi connectivity index (χ1n) is 11.3. The fourth-order valence-electron chi connectivity index (χ4n) is 3.72. The molecule has 0 radical (unpaired) electrons. The number of benzene rings is 2. The van der Waals surface area contributed by atoms with Crippen LogP contribution in [0.1, 0.15) is 11.1 Å². The molecule has 1 aromatic heterocycles. The van der Waals surface area contributed by atoms with Crippen molar-refractivity contribution in [1.29, 1.82) is 0 Å². The number of hydrogen-bond donors (Lipinski definition) is 1. The highest BCUT2D eigenvalue weighted by Gasteiger charge is 2.12. The largest absolute Gasteiger partial charge is 0.476 e. The molecule has 0 atom stereocenters. The SMILES string of the molecule is O=C(Cc1ccc(-c2ccc(OCCN3CCOCC3)nc2F)cc1)NCc1cccc(F)c1. The topological polar surface area (TPSA) is 63.7 Å². The smallest absolute Gasteiger partial charge is 0.224 e. The average Bonchev–Trinajstić information content (AvgIpc) is 2.84. The van der Waals surface area contributed by atoms with Gasteiger partial charge in [0.1, 0.15) is 12.4 Å². The molecule has 1 amide bonds. The highest BCUT2D eigenvalue weighted by atomic mass is 19.1. The summed E-state index contributed by atoms with van der Waals surface area (Å²) in [4.78, 5) is 18.4. The number of nitrogens with zero attached hydrogens (tertiary/aromatic N) is 2. The monoisotopic (exact) mass is 467 g/mol. The van der Waals surface area contributed by atoms with Gasteiger partial charge in [0.15, 0.2) is 0 Å². The third kappa shape index (κ3) is 6.82. The highest BCUT2D eigenvalue weighted by molar-refractivity contribution is 5.78. The van der Waals surface area contributed by atoms with Crippen molar-refractivity contribution in [2.75, 3.05) is 39.5 Å². The number of hydrogen-bond acceptors (Lipinski definition) is 5. The fourth-order valence-corrected chi connectivity index (χ4v) is 3.72. The Labute approximate surface area is 197 Å². The molecular weight excluding hydrogens is 440 g/mol. The Balaban J connectivity index is 1.28. The Bertz CT molecular complexity index is 1100. The number of carbonyl (C=O) groups is 1. The first kappa shape index (κ1) is 23.8. The van der Waals surface area contributed by atoms with E-state index in [0.717, 1.165) is 38.4 Å². The minimum atomic E-state index is -0.607. The van der Waals surface area contributed by atoms with Gasteiger partial charge < -0.3 is 14.8 Å². The molecule has 1 saturated heterocycles. The lowest BCUT2D eigenvalue weighted by atomic mass is 10.0. The van der Waals surface area contributed by atoms with Crippen LogP contribution < -0.4 is 10.1 Å². The summed E-state index contributed by atoms with van der Waals surface area (Å²) in [6.07, 6.45) is 0.173. The van der Waals surface area contributed by atoms with Gasteiger partial charge in [-0.1, -0.05) is 36.4 Å². The lowest BCUT2D eigenvalue weighted by Crippen LogP contribution is -2.38. The van der Waals surface area contributed by atoms with Crippen LogP contribution in [-0.2, 0) is 22.5 Å². The van der Waals surface area contributed by atoms with Crippen LogP contribution in [0.3, 0.4) is 0 Å². The number of pyridine rings is 1. The zero-order chi connectivity index (χ0) is 23.8. The Hall–Kier alpha value is -3.36. The molecule has 0 bridgehead atoms. The molecule has 8 heteroatoms. The van der Waals surface area contributed by atoms with E-state index in [4.69, 9.17) is 9.47 Å². The first-order valence-corrected chi connectivity index (χ1v) is 11.3. The van der Waals surface area contributed by atoms with Gasteiger partial charge in [-0.05, 0) is 34.9 Å². The molecule has 0 spiro atoms. The third-order valence-electron chi connectivity index (χ3n) is 5.59. The maximum Gasteiger partial charge on any atom is 0.224 e. The second-order valence-electron chi connectivity index (χ2n) is 8.07. The van der Waals surface area contributed by atoms with Gasteiger partial charge in [-0.3, -0.25) is 9.69 Å². The molecule has 1 aliphatic heterocycles. The first-order chi connectivity index (χ1) is 16.6. The third-order valence-corrected chi connectivity index (χ3v) is 5.59. The van der Waals surface area contributed by atoms with E-state index in [-0.39, 0.29) is 30.6 Å². The van der Waals surface area contributed by atoms with Gasteiger partial charge >= 0.3 is 0 Å². The van der Waals surface area contributed by atoms with Crippen LogP contribution in [0, 0.1) is 11.8 Å². The fraction of sp³-hybridized carbons (Fsp3) is 0.308. The van der Waals surface area contributed by atoms with Crippen molar-refractivity contribution in [3.05, 3.63) is 83.6 Å². The molecule has 1 fully saturated rings. The van der Waals surface area contributed by atoms with E-state index in [1.54, 1.807) is 48.5 Å². The Morgan fingerprint density at radius 3 is 2.56 bits per heavy atom. The molecule has 4 rings (SSSR count). The second kappa shape index (κ2) is 11.7. The number of amides is 1. The van der Waals surface area contributed by atoms with Crippen LogP contribution in [0.5, 0.6) is 5.88 Å². The van der Waals surface area contributed by atoms with Gasteiger partial charge in [0.25, 0.3) is 0 Å². The Morgan fingerprint density at radius 2 is 1.82 bits per heavy atom.